The van der Waals surface area contributed by atoms with E-state index in [9.17, 15) is 4.79 Å². The molecule has 0 unspecified atom stereocenters. The quantitative estimate of drug-likeness (QED) is 0.236. The van der Waals surface area contributed by atoms with E-state index in [0.717, 1.165) is 22.3 Å². The average molecular weight is 513 g/mol. The highest BCUT2D eigenvalue weighted by molar-refractivity contribution is 6.31. The summed E-state index contributed by atoms with van der Waals surface area (Å²) >= 11 is 12.4. The molecule has 0 atom stereocenters. The molecule has 0 fully saturated rings. The van der Waals surface area contributed by atoms with Crippen molar-refractivity contribution in [3.8, 4) is 17.3 Å². The summed E-state index contributed by atoms with van der Waals surface area (Å²) in [7, 11) is 0. The highest BCUT2D eigenvalue weighted by atomic mass is 35.5. The van der Waals surface area contributed by atoms with Crippen molar-refractivity contribution < 1.29 is 4.42 Å². The maximum Gasteiger partial charge on any atom is 0.282 e. The third kappa shape index (κ3) is 3.90. The number of halogens is 2. The summed E-state index contributed by atoms with van der Waals surface area (Å²) in [5.41, 5.74) is 3.57. The van der Waals surface area contributed by atoms with Gasteiger partial charge in [0.1, 0.15) is 5.58 Å². The molecular formula is C28H18Cl2N4O2. The van der Waals surface area contributed by atoms with Gasteiger partial charge in [-0.25, -0.2) is 4.98 Å². The minimum absolute atomic E-state index is 0.294. The number of aromatic nitrogens is 3. The minimum Gasteiger partial charge on any atom is -0.453 e. The van der Waals surface area contributed by atoms with Crippen molar-refractivity contribution in [2.24, 2.45) is 5.10 Å². The lowest BCUT2D eigenvalue weighted by molar-refractivity contribution is 0.616. The van der Waals surface area contributed by atoms with Crippen molar-refractivity contribution in [2.75, 3.05) is 0 Å². The van der Waals surface area contributed by atoms with Gasteiger partial charge in [-0.1, -0.05) is 35.3 Å². The summed E-state index contributed by atoms with van der Waals surface area (Å²) in [5.74, 6) is 0.707. The lowest BCUT2D eigenvalue weighted by Crippen LogP contribution is -2.20. The number of benzene rings is 3. The van der Waals surface area contributed by atoms with Gasteiger partial charge in [-0.05, 0) is 79.2 Å². The van der Waals surface area contributed by atoms with E-state index in [0.29, 0.717) is 38.1 Å². The zero-order chi connectivity index (χ0) is 24.8. The third-order valence-electron chi connectivity index (χ3n) is 5.96. The maximum absolute atomic E-state index is 13.5. The summed E-state index contributed by atoms with van der Waals surface area (Å²) in [6.07, 6.45) is 3.56. The molecule has 0 saturated carbocycles. The molecule has 0 aliphatic heterocycles. The molecule has 36 heavy (non-hydrogen) atoms. The van der Waals surface area contributed by atoms with Crippen LogP contribution in [0.25, 0.3) is 39.1 Å². The van der Waals surface area contributed by atoms with Gasteiger partial charge in [0, 0.05) is 27.3 Å². The van der Waals surface area contributed by atoms with Crippen molar-refractivity contribution in [3.63, 3.8) is 0 Å². The summed E-state index contributed by atoms with van der Waals surface area (Å²) in [6.45, 7) is 1.95. The Kier molecular flexibility index (Phi) is 5.48. The molecule has 0 bridgehead atoms. The first kappa shape index (κ1) is 22.3. The number of fused-ring (bicyclic) bond motifs is 2. The molecule has 3 aromatic carbocycles. The van der Waals surface area contributed by atoms with Crippen LogP contribution in [0.4, 0.5) is 0 Å². The van der Waals surface area contributed by atoms with E-state index in [-0.39, 0.29) is 5.56 Å². The van der Waals surface area contributed by atoms with Crippen LogP contribution in [0.15, 0.2) is 99.4 Å². The molecule has 6 rings (SSSR count). The highest BCUT2D eigenvalue weighted by Crippen LogP contribution is 2.29. The monoisotopic (exact) mass is 512 g/mol. The summed E-state index contributed by atoms with van der Waals surface area (Å²) in [6, 6.07) is 23.9. The smallest absolute Gasteiger partial charge is 0.282 e. The van der Waals surface area contributed by atoms with Crippen molar-refractivity contribution in [2.45, 2.75) is 6.92 Å². The van der Waals surface area contributed by atoms with Crippen LogP contribution in [-0.4, -0.2) is 20.4 Å². The van der Waals surface area contributed by atoms with Crippen LogP contribution in [0.5, 0.6) is 0 Å². The summed E-state index contributed by atoms with van der Waals surface area (Å²) < 4.78 is 9.27. The van der Waals surface area contributed by atoms with Gasteiger partial charge < -0.3 is 8.98 Å². The topological polar surface area (TPSA) is 65.3 Å². The van der Waals surface area contributed by atoms with Crippen LogP contribution in [0.1, 0.15) is 11.3 Å². The van der Waals surface area contributed by atoms with E-state index in [1.807, 2.05) is 60.2 Å². The summed E-state index contributed by atoms with van der Waals surface area (Å²) in [4.78, 5) is 18.2. The van der Waals surface area contributed by atoms with Crippen molar-refractivity contribution in [1.29, 1.82) is 0 Å². The second-order valence-electron chi connectivity index (χ2n) is 8.34. The Bertz CT molecular complexity index is 1860. The first-order valence-corrected chi connectivity index (χ1v) is 11.9. The zero-order valence-electron chi connectivity index (χ0n) is 19.0. The van der Waals surface area contributed by atoms with Crippen LogP contribution in [-0.2, 0) is 0 Å². The van der Waals surface area contributed by atoms with E-state index in [2.05, 4.69) is 5.10 Å². The van der Waals surface area contributed by atoms with E-state index in [1.54, 1.807) is 42.6 Å². The molecule has 0 saturated heterocycles. The average Bonchev–Trinajstić information content (AvgIpc) is 3.52. The Morgan fingerprint density at radius 2 is 1.83 bits per heavy atom. The van der Waals surface area contributed by atoms with Crippen LogP contribution >= 0.6 is 23.2 Å². The van der Waals surface area contributed by atoms with E-state index in [1.165, 1.54) is 4.68 Å². The molecule has 8 heteroatoms. The second-order valence-corrected chi connectivity index (χ2v) is 9.19. The molecule has 0 spiro atoms. The van der Waals surface area contributed by atoms with Gasteiger partial charge in [-0.15, -0.1) is 0 Å². The number of furan rings is 1. The van der Waals surface area contributed by atoms with Gasteiger partial charge in [-0.3, -0.25) is 4.79 Å². The maximum atomic E-state index is 13.5. The van der Waals surface area contributed by atoms with Crippen molar-refractivity contribution in [3.05, 3.63) is 117 Å². The number of nitrogens with zero attached hydrogens (tertiary/aromatic N) is 4. The second kappa shape index (κ2) is 8.82. The lowest BCUT2D eigenvalue weighted by Gasteiger charge is -2.09. The number of para-hydroxylation sites is 1. The van der Waals surface area contributed by atoms with Gasteiger partial charge >= 0.3 is 0 Å². The largest absolute Gasteiger partial charge is 0.453 e. The Hall–Kier alpha value is -4.13. The summed E-state index contributed by atoms with van der Waals surface area (Å²) in [5, 5.41) is 7.13. The molecule has 176 valence electrons. The van der Waals surface area contributed by atoms with E-state index >= 15 is 0 Å². The molecule has 3 heterocycles. The van der Waals surface area contributed by atoms with Crippen LogP contribution in [0.2, 0.25) is 10.0 Å². The molecular weight excluding hydrogens is 495 g/mol. The van der Waals surface area contributed by atoms with Gasteiger partial charge in [0.2, 0.25) is 5.82 Å². The fourth-order valence-electron chi connectivity index (χ4n) is 4.14. The van der Waals surface area contributed by atoms with E-state index in [4.69, 9.17) is 32.6 Å². The Labute approximate surface area is 215 Å². The standard InChI is InChI=1S/C28H18Cl2N4O2/c1-17-13-20(9-10-23(17)30)33-12-4-5-21(33)16-31-34-27(32-24-7-3-2-6-22(24)28(34)35)26-15-18-14-19(29)8-11-25(18)36-26/h2-16H,1H3. The van der Waals surface area contributed by atoms with E-state index < -0.39 is 0 Å². The molecule has 3 aromatic heterocycles. The minimum atomic E-state index is -0.300. The van der Waals surface area contributed by atoms with Gasteiger partial charge in [-0.2, -0.15) is 9.78 Å². The number of rotatable bonds is 4. The molecule has 0 aliphatic carbocycles. The predicted octanol–water partition coefficient (Wildman–Crippen LogP) is 7.10. The SMILES string of the molecule is Cc1cc(-n2cccc2C=Nn2c(-c3cc4cc(Cl)ccc4o3)nc3ccccc3c2=O)ccc1Cl. The first-order valence-electron chi connectivity index (χ1n) is 11.2. The van der Waals surface area contributed by atoms with Crippen LogP contribution < -0.4 is 5.56 Å². The normalized spacial score (nSPS) is 11.8. The van der Waals surface area contributed by atoms with Crippen molar-refractivity contribution >= 4 is 51.3 Å². The number of hydrogen-bond donors (Lipinski definition) is 0. The van der Waals surface area contributed by atoms with Crippen LogP contribution in [0.3, 0.4) is 0 Å². The Morgan fingerprint density at radius 1 is 0.972 bits per heavy atom. The predicted molar refractivity (Wildman–Crippen MR) is 145 cm³/mol. The molecule has 0 aliphatic rings. The fraction of sp³-hybridized carbons (Fsp3) is 0.0357. The fourth-order valence-corrected chi connectivity index (χ4v) is 4.44. The Morgan fingerprint density at radius 3 is 2.69 bits per heavy atom. The molecule has 6 nitrogen and oxygen atoms in total. The zero-order valence-corrected chi connectivity index (χ0v) is 20.5. The van der Waals surface area contributed by atoms with Crippen LogP contribution in [0, 0.1) is 6.92 Å². The molecule has 6 aromatic rings. The molecule has 0 radical (unpaired) electrons. The lowest BCUT2D eigenvalue weighted by atomic mass is 10.2. The highest BCUT2D eigenvalue weighted by Gasteiger charge is 2.17. The number of aryl methyl sites for hydroxylation is 1. The molecule has 0 N–H and O–H groups in total. The first-order chi connectivity index (χ1) is 17.5. The van der Waals surface area contributed by atoms with Gasteiger partial charge in [0.15, 0.2) is 5.76 Å². The van der Waals surface area contributed by atoms with Gasteiger partial charge in [0.05, 0.1) is 22.8 Å². The van der Waals surface area contributed by atoms with Crippen molar-refractivity contribution in [1.82, 2.24) is 14.2 Å². The molecule has 0 amide bonds. The van der Waals surface area contributed by atoms with Gasteiger partial charge in [0.25, 0.3) is 5.56 Å². The third-order valence-corrected chi connectivity index (χ3v) is 6.62. The Balaban J connectivity index is 1.52. The number of hydrogen-bond acceptors (Lipinski definition) is 4.